The van der Waals surface area contributed by atoms with Crippen LogP contribution in [0.5, 0.6) is 0 Å². The van der Waals surface area contributed by atoms with Crippen LogP contribution in [0.3, 0.4) is 0 Å². The number of hydrogen-bond acceptors (Lipinski definition) is 4. The SMILES string of the molecule is COC(=O)C(=O)N(Cc1ccc(C(F)(F)F)cc1)C(C)c1ncccc1F. The summed E-state index contributed by atoms with van der Waals surface area (Å²) in [6.07, 6.45) is -3.17. The Morgan fingerprint density at radius 1 is 1.19 bits per heavy atom. The number of ether oxygens (including phenoxy) is 1. The number of esters is 1. The molecule has 1 aromatic heterocycles. The van der Waals surface area contributed by atoms with Crippen LogP contribution in [-0.2, 0) is 27.0 Å². The summed E-state index contributed by atoms with van der Waals surface area (Å²) in [4.78, 5) is 28.9. The van der Waals surface area contributed by atoms with E-state index < -0.39 is 35.5 Å². The zero-order chi connectivity index (χ0) is 20.2. The molecule has 1 amide bonds. The summed E-state index contributed by atoms with van der Waals surface area (Å²) >= 11 is 0. The number of halogens is 4. The second kappa shape index (κ2) is 8.15. The van der Waals surface area contributed by atoms with E-state index in [2.05, 4.69) is 9.72 Å². The lowest BCUT2D eigenvalue weighted by molar-refractivity contribution is -0.159. The van der Waals surface area contributed by atoms with E-state index in [4.69, 9.17) is 0 Å². The quantitative estimate of drug-likeness (QED) is 0.460. The lowest BCUT2D eigenvalue weighted by Crippen LogP contribution is -2.39. The Morgan fingerprint density at radius 2 is 1.81 bits per heavy atom. The van der Waals surface area contributed by atoms with Crippen LogP contribution in [0.25, 0.3) is 0 Å². The number of methoxy groups -OCH3 is 1. The maximum Gasteiger partial charge on any atom is 0.416 e. The fraction of sp³-hybridized carbons (Fsp3) is 0.278. The summed E-state index contributed by atoms with van der Waals surface area (Å²) in [5.41, 5.74) is -0.606. The zero-order valence-corrected chi connectivity index (χ0v) is 14.5. The predicted molar refractivity (Wildman–Crippen MR) is 86.6 cm³/mol. The van der Waals surface area contributed by atoms with Crippen molar-refractivity contribution < 1.29 is 31.9 Å². The van der Waals surface area contributed by atoms with Crippen molar-refractivity contribution in [2.45, 2.75) is 25.7 Å². The average molecular weight is 384 g/mol. The van der Waals surface area contributed by atoms with E-state index in [0.29, 0.717) is 5.56 Å². The minimum Gasteiger partial charge on any atom is -0.462 e. The fourth-order valence-corrected chi connectivity index (χ4v) is 2.44. The minimum atomic E-state index is -4.50. The largest absolute Gasteiger partial charge is 0.462 e. The van der Waals surface area contributed by atoms with Gasteiger partial charge in [0.25, 0.3) is 0 Å². The van der Waals surface area contributed by atoms with E-state index in [1.54, 1.807) is 0 Å². The van der Waals surface area contributed by atoms with E-state index in [1.165, 1.54) is 31.3 Å². The molecule has 0 aliphatic rings. The molecule has 0 saturated heterocycles. The van der Waals surface area contributed by atoms with Gasteiger partial charge in [-0.25, -0.2) is 9.18 Å². The fourth-order valence-electron chi connectivity index (χ4n) is 2.44. The summed E-state index contributed by atoms with van der Waals surface area (Å²) in [6, 6.07) is 5.65. The van der Waals surface area contributed by atoms with Crippen molar-refractivity contribution in [2.24, 2.45) is 0 Å². The van der Waals surface area contributed by atoms with Crippen LogP contribution in [0.4, 0.5) is 17.6 Å². The first-order valence-corrected chi connectivity index (χ1v) is 7.80. The Labute approximate surface area is 152 Å². The molecule has 1 atom stereocenters. The molecule has 1 heterocycles. The van der Waals surface area contributed by atoms with Gasteiger partial charge in [0.1, 0.15) is 5.82 Å². The molecule has 2 rings (SSSR count). The standard InChI is InChI=1S/C18H16F4N2O3/c1-11(15-14(19)4-3-9-23-15)24(16(25)17(26)27-2)10-12-5-7-13(8-6-12)18(20,21)22/h3-9,11H,10H2,1-2H3. The van der Waals surface area contributed by atoms with Crippen molar-refractivity contribution >= 4 is 11.9 Å². The van der Waals surface area contributed by atoms with Crippen molar-refractivity contribution in [3.05, 3.63) is 65.2 Å². The molecule has 144 valence electrons. The van der Waals surface area contributed by atoms with Gasteiger partial charge in [-0.05, 0) is 36.8 Å². The number of nitrogens with zero attached hydrogens (tertiary/aromatic N) is 2. The molecule has 0 saturated carbocycles. The molecule has 0 aliphatic carbocycles. The van der Waals surface area contributed by atoms with Gasteiger partial charge in [0.15, 0.2) is 0 Å². The Kier molecular flexibility index (Phi) is 6.14. The predicted octanol–water partition coefficient (Wildman–Crippen LogP) is 3.50. The first-order chi connectivity index (χ1) is 12.6. The van der Waals surface area contributed by atoms with E-state index >= 15 is 0 Å². The number of alkyl halides is 3. The maximum atomic E-state index is 14.0. The molecule has 1 unspecified atom stereocenters. The first-order valence-electron chi connectivity index (χ1n) is 7.80. The Morgan fingerprint density at radius 3 is 2.33 bits per heavy atom. The summed E-state index contributed by atoms with van der Waals surface area (Å²) in [5.74, 6) is -2.92. The number of benzene rings is 1. The van der Waals surface area contributed by atoms with Crippen LogP contribution in [0.2, 0.25) is 0 Å². The Bertz CT molecular complexity index is 822. The monoisotopic (exact) mass is 384 g/mol. The first kappa shape index (κ1) is 20.3. The molecular formula is C18H16F4N2O3. The number of hydrogen-bond donors (Lipinski definition) is 0. The van der Waals surface area contributed by atoms with Crippen molar-refractivity contribution in [3.63, 3.8) is 0 Å². The molecule has 0 bridgehead atoms. The van der Waals surface area contributed by atoms with Gasteiger partial charge in [0.05, 0.1) is 24.4 Å². The van der Waals surface area contributed by atoms with Gasteiger partial charge in [-0.15, -0.1) is 0 Å². The maximum absolute atomic E-state index is 14.0. The molecule has 0 fully saturated rings. The average Bonchev–Trinajstić information content (AvgIpc) is 2.64. The van der Waals surface area contributed by atoms with Crippen LogP contribution >= 0.6 is 0 Å². The van der Waals surface area contributed by atoms with Gasteiger partial charge < -0.3 is 9.64 Å². The molecule has 5 nitrogen and oxygen atoms in total. The van der Waals surface area contributed by atoms with E-state index in [9.17, 15) is 27.2 Å². The highest BCUT2D eigenvalue weighted by molar-refractivity contribution is 6.32. The second-order valence-electron chi connectivity index (χ2n) is 5.67. The lowest BCUT2D eigenvalue weighted by atomic mass is 10.1. The third kappa shape index (κ3) is 4.81. The van der Waals surface area contributed by atoms with Crippen LogP contribution in [0, 0.1) is 5.82 Å². The molecule has 0 spiro atoms. The van der Waals surface area contributed by atoms with Gasteiger partial charge in [-0.3, -0.25) is 9.78 Å². The number of carbonyl (C=O) groups excluding carboxylic acids is 2. The van der Waals surface area contributed by atoms with E-state index in [-0.39, 0.29) is 12.2 Å². The number of rotatable bonds is 4. The zero-order valence-electron chi connectivity index (χ0n) is 14.5. The molecule has 0 radical (unpaired) electrons. The van der Waals surface area contributed by atoms with Crippen molar-refractivity contribution in [1.82, 2.24) is 9.88 Å². The number of pyridine rings is 1. The lowest BCUT2D eigenvalue weighted by Gasteiger charge is -2.28. The van der Waals surface area contributed by atoms with Crippen LogP contribution in [0.15, 0.2) is 42.6 Å². The molecule has 2 aromatic rings. The smallest absolute Gasteiger partial charge is 0.416 e. The highest BCUT2D eigenvalue weighted by Gasteiger charge is 2.32. The molecule has 9 heteroatoms. The van der Waals surface area contributed by atoms with E-state index in [0.717, 1.165) is 30.2 Å². The highest BCUT2D eigenvalue weighted by atomic mass is 19.4. The van der Waals surface area contributed by atoms with Gasteiger partial charge in [0.2, 0.25) is 0 Å². The molecular weight excluding hydrogens is 368 g/mol. The van der Waals surface area contributed by atoms with Crippen molar-refractivity contribution in [1.29, 1.82) is 0 Å². The van der Waals surface area contributed by atoms with Gasteiger partial charge >= 0.3 is 18.1 Å². The van der Waals surface area contributed by atoms with Gasteiger partial charge in [0, 0.05) is 12.7 Å². The number of amides is 1. The summed E-state index contributed by atoms with van der Waals surface area (Å²) in [6.45, 7) is 1.22. The topological polar surface area (TPSA) is 59.5 Å². The van der Waals surface area contributed by atoms with Gasteiger partial charge in [-0.1, -0.05) is 12.1 Å². The number of carbonyl (C=O) groups is 2. The minimum absolute atomic E-state index is 0.0818. The normalized spacial score (nSPS) is 12.4. The third-order valence-corrected chi connectivity index (χ3v) is 3.91. The third-order valence-electron chi connectivity index (χ3n) is 3.91. The van der Waals surface area contributed by atoms with E-state index in [1.807, 2.05) is 0 Å². The van der Waals surface area contributed by atoms with Crippen LogP contribution < -0.4 is 0 Å². The molecule has 27 heavy (non-hydrogen) atoms. The summed E-state index contributed by atoms with van der Waals surface area (Å²) in [5, 5.41) is 0. The van der Waals surface area contributed by atoms with Crippen molar-refractivity contribution in [3.8, 4) is 0 Å². The van der Waals surface area contributed by atoms with Crippen LogP contribution in [0.1, 0.15) is 29.8 Å². The van der Waals surface area contributed by atoms with Crippen molar-refractivity contribution in [2.75, 3.05) is 7.11 Å². The van der Waals surface area contributed by atoms with Gasteiger partial charge in [-0.2, -0.15) is 13.2 Å². The summed E-state index contributed by atoms with van der Waals surface area (Å²) in [7, 11) is 1.02. The Balaban J connectivity index is 2.34. The molecule has 0 aliphatic heterocycles. The number of aromatic nitrogens is 1. The molecule has 1 aromatic carbocycles. The highest BCUT2D eigenvalue weighted by Crippen LogP contribution is 2.30. The summed E-state index contributed by atoms with van der Waals surface area (Å²) < 4.78 is 56.5. The molecule has 0 N–H and O–H groups in total. The van der Waals surface area contributed by atoms with Crippen LogP contribution in [-0.4, -0.2) is 28.9 Å². The Hall–Kier alpha value is -2.97. The second-order valence-corrected chi connectivity index (χ2v) is 5.67.